The molecule has 2 heterocycles. The molecule has 2 aromatic rings. The molecular weight excluding hydrogens is 564 g/mol. The zero-order valence-corrected chi connectivity index (χ0v) is 24.3. The summed E-state index contributed by atoms with van der Waals surface area (Å²) in [5.74, 6) is -2.52. The SMILES string of the molecule is CC(C)=CCc1cc([C@@H]2Oc3c(CC=C(C)C)c(O[C@@H]4O[C@H](CO)[C@@H](O)[C@H](O)[C@H]4O)cc(O)c3C(=O)[C@H]2O)cc(O)c1O. The first-order valence-electron chi connectivity index (χ1n) is 13.8. The van der Waals surface area contributed by atoms with Gasteiger partial charge in [0.1, 0.15) is 47.2 Å². The fourth-order valence-electron chi connectivity index (χ4n) is 4.99. The van der Waals surface area contributed by atoms with Crippen LogP contribution >= 0.6 is 0 Å². The van der Waals surface area contributed by atoms with Crippen LogP contribution in [0.5, 0.6) is 28.7 Å². The fourth-order valence-corrected chi connectivity index (χ4v) is 4.99. The second-order valence-corrected chi connectivity index (χ2v) is 11.3. The monoisotopic (exact) mass is 602 g/mol. The molecule has 0 amide bonds. The van der Waals surface area contributed by atoms with Gasteiger partial charge in [0.25, 0.3) is 0 Å². The highest BCUT2D eigenvalue weighted by Crippen LogP contribution is 2.47. The number of phenolic OH excluding ortho intramolecular Hbond substituents is 3. The van der Waals surface area contributed by atoms with Crippen LogP contribution in [0.25, 0.3) is 0 Å². The van der Waals surface area contributed by atoms with Gasteiger partial charge in [0.05, 0.1) is 6.61 Å². The molecule has 1 saturated heterocycles. The van der Waals surface area contributed by atoms with E-state index >= 15 is 0 Å². The molecule has 0 bridgehead atoms. The average molecular weight is 603 g/mol. The zero-order valence-electron chi connectivity index (χ0n) is 24.3. The Bertz CT molecular complexity index is 1420. The van der Waals surface area contributed by atoms with Crippen molar-refractivity contribution in [2.75, 3.05) is 6.61 Å². The molecule has 12 nitrogen and oxygen atoms in total. The number of ketones is 1. The number of hydrogen-bond donors (Lipinski definition) is 8. The molecule has 8 N–H and O–H groups in total. The highest BCUT2D eigenvalue weighted by Gasteiger charge is 2.46. The lowest BCUT2D eigenvalue weighted by Gasteiger charge is -2.40. The van der Waals surface area contributed by atoms with E-state index in [1.54, 1.807) is 6.08 Å². The maximum Gasteiger partial charge on any atom is 0.229 e. The number of fused-ring (bicyclic) bond motifs is 1. The summed E-state index contributed by atoms with van der Waals surface area (Å²) in [5, 5.41) is 83.2. The number of benzene rings is 2. The molecule has 2 aromatic carbocycles. The second-order valence-electron chi connectivity index (χ2n) is 11.3. The van der Waals surface area contributed by atoms with Crippen LogP contribution in [0.3, 0.4) is 0 Å². The number of Topliss-reactive ketones (excluding diaryl/α,β-unsaturated/α-hetero) is 1. The zero-order chi connectivity index (χ0) is 31.7. The van der Waals surface area contributed by atoms with Crippen LogP contribution in [-0.4, -0.2) is 90.1 Å². The van der Waals surface area contributed by atoms with Gasteiger partial charge in [0.2, 0.25) is 12.1 Å². The Morgan fingerprint density at radius 1 is 0.884 bits per heavy atom. The number of ether oxygens (including phenoxy) is 3. The third kappa shape index (κ3) is 6.49. The van der Waals surface area contributed by atoms with Crippen molar-refractivity contribution in [1.29, 1.82) is 0 Å². The van der Waals surface area contributed by atoms with Crippen LogP contribution in [0, 0.1) is 0 Å². The van der Waals surface area contributed by atoms with Gasteiger partial charge in [-0.1, -0.05) is 23.3 Å². The van der Waals surface area contributed by atoms with Crippen molar-refractivity contribution in [3.8, 4) is 28.7 Å². The Hall–Kier alpha value is -3.65. The van der Waals surface area contributed by atoms with Crippen LogP contribution in [0.2, 0.25) is 0 Å². The van der Waals surface area contributed by atoms with Gasteiger partial charge in [-0.15, -0.1) is 0 Å². The van der Waals surface area contributed by atoms with Gasteiger partial charge >= 0.3 is 0 Å². The first-order valence-corrected chi connectivity index (χ1v) is 13.8. The van der Waals surface area contributed by atoms with E-state index in [2.05, 4.69) is 0 Å². The molecule has 12 heteroatoms. The Kier molecular flexibility index (Phi) is 9.70. The lowest BCUT2D eigenvalue weighted by molar-refractivity contribution is -0.277. The Morgan fingerprint density at radius 3 is 2.16 bits per heavy atom. The van der Waals surface area contributed by atoms with E-state index in [1.165, 1.54) is 12.1 Å². The van der Waals surface area contributed by atoms with Crippen LogP contribution in [0.4, 0.5) is 0 Å². The molecule has 1 fully saturated rings. The maximum absolute atomic E-state index is 13.5. The third-order valence-corrected chi connectivity index (χ3v) is 7.42. The van der Waals surface area contributed by atoms with E-state index in [0.717, 1.165) is 17.2 Å². The van der Waals surface area contributed by atoms with E-state index in [4.69, 9.17) is 14.2 Å². The number of phenols is 3. The number of allylic oxidation sites excluding steroid dienone is 4. The lowest BCUT2D eigenvalue weighted by atomic mass is 9.89. The van der Waals surface area contributed by atoms with Gasteiger partial charge in [0.15, 0.2) is 23.7 Å². The first kappa shape index (κ1) is 32.3. The number of aliphatic hydroxyl groups excluding tert-OH is 5. The highest BCUT2D eigenvalue weighted by molar-refractivity contribution is 6.06. The lowest BCUT2D eigenvalue weighted by Crippen LogP contribution is -2.60. The number of carbonyl (C=O) groups excluding carboxylic acids is 1. The molecule has 0 aliphatic carbocycles. The molecule has 2 aliphatic heterocycles. The van der Waals surface area contributed by atoms with Crippen molar-refractivity contribution in [1.82, 2.24) is 0 Å². The molecule has 0 saturated carbocycles. The summed E-state index contributed by atoms with van der Waals surface area (Å²) < 4.78 is 17.5. The van der Waals surface area contributed by atoms with Crippen molar-refractivity contribution >= 4 is 5.78 Å². The van der Waals surface area contributed by atoms with Crippen molar-refractivity contribution < 1.29 is 59.9 Å². The smallest absolute Gasteiger partial charge is 0.229 e. The van der Waals surface area contributed by atoms with E-state index in [9.17, 15) is 45.6 Å². The van der Waals surface area contributed by atoms with Crippen molar-refractivity contribution in [3.05, 3.63) is 63.8 Å². The van der Waals surface area contributed by atoms with Crippen molar-refractivity contribution in [3.63, 3.8) is 0 Å². The molecule has 234 valence electrons. The van der Waals surface area contributed by atoms with Gasteiger partial charge < -0.3 is 55.1 Å². The van der Waals surface area contributed by atoms with E-state index < -0.39 is 66.8 Å². The number of aromatic hydroxyl groups is 3. The van der Waals surface area contributed by atoms with Gasteiger partial charge in [-0.05, 0) is 58.2 Å². The van der Waals surface area contributed by atoms with E-state index in [0.29, 0.717) is 5.56 Å². The second kappa shape index (κ2) is 12.9. The van der Waals surface area contributed by atoms with E-state index in [1.807, 2.05) is 33.8 Å². The minimum atomic E-state index is -1.79. The number of rotatable bonds is 8. The van der Waals surface area contributed by atoms with Crippen LogP contribution < -0.4 is 9.47 Å². The predicted octanol–water partition coefficient (Wildman–Crippen LogP) is 1.68. The molecule has 4 rings (SSSR count). The number of hydrogen-bond acceptors (Lipinski definition) is 12. The molecular formula is C31H38O12. The summed E-state index contributed by atoms with van der Waals surface area (Å²) in [4.78, 5) is 13.5. The van der Waals surface area contributed by atoms with Crippen molar-refractivity contribution in [2.24, 2.45) is 0 Å². The van der Waals surface area contributed by atoms with Gasteiger partial charge in [-0.3, -0.25) is 4.79 Å². The summed E-state index contributed by atoms with van der Waals surface area (Å²) in [6.45, 7) is 6.72. The van der Waals surface area contributed by atoms with Gasteiger partial charge in [-0.2, -0.15) is 0 Å². The molecule has 0 spiro atoms. The largest absolute Gasteiger partial charge is 0.507 e. The minimum Gasteiger partial charge on any atom is -0.507 e. The highest BCUT2D eigenvalue weighted by atomic mass is 16.7. The van der Waals surface area contributed by atoms with Gasteiger partial charge in [0, 0.05) is 17.2 Å². The standard InChI is InChI=1S/C31H38O12/c1-13(2)5-7-15-9-16(10-19(34)23(15)35)29-27(39)25(37)22-18(33)11-20(17(30(22)43-29)8-6-14(3)4)41-31-28(40)26(38)24(36)21(12-32)42-31/h5-6,9-11,21,24,26-29,31-36,38-40H,7-8,12H2,1-4H3/t21-,24-,26+,27-,28-,29+,31-/m1/s1. The number of carbonyl (C=O) groups is 1. The first-order chi connectivity index (χ1) is 20.2. The van der Waals surface area contributed by atoms with Crippen LogP contribution in [-0.2, 0) is 17.6 Å². The Labute approximate surface area is 248 Å². The third-order valence-electron chi connectivity index (χ3n) is 7.42. The molecule has 43 heavy (non-hydrogen) atoms. The van der Waals surface area contributed by atoms with Crippen LogP contribution in [0.15, 0.2) is 41.5 Å². The molecule has 0 unspecified atom stereocenters. The predicted molar refractivity (Wildman–Crippen MR) is 152 cm³/mol. The maximum atomic E-state index is 13.5. The summed E-state index contributed by atoms with van der Waals surface area (Å²) in [5.41, 5.74) is 2.28. The summed E-state index contributed by atoms with van der Waals surface area (Å²) in [6, 6.07) is 3.77. The molecule has 7 atom stereocenters. The minimum absolute atomic E-state index is 0.0977. The Morgan fingerprint density at radius 2 is 1.53 bits per heavy atom. The van der Waals surface area contributed by atoms with Crippen molar-refractivity contribution in [2.45, 2.75) is 83.5 Å². The molecule has 0 aromatic heterocycles. The average Bonchev–Trinajstić information content (AvgIpc) is 2.95. The summed E-state index contributed by atoms with van der Waals surface area (Å²) >= 11 is 0. The number of aliphatic hydroxyl groups is 5. The quantitative estimate of drug-likeness (QED) is 0.160. The normalized spacial score (nSPS) is 26.7. The van der Waals surface area contributed by atoms with Crippen LogP contribution in [0.1, 0.15) is 60.8 Å². The molecule has 0 radical (unpaired) electrons. The van der Waals surface area contributed by atoms with E-state index in [-0.39, 0.29) is 46.8 Å². The summed E-state index contributed by atoms with van der Waals surface area (Å²) in [7, 11) is 0. The Balaban J connectivity index is 1.82. The van der Waals surface area contributed by atoms with Gasteiger partial charge in [-0.25, -0.2) is 0 Å². The fraction of sp³-hybridized carbons (Fsp3) is 0.452. The molecule has 2 aliphatic rings. The topological polar surface area (TPSA) is 207 Å². The summed E-state index contributed by atoms with van der Waals surface area (Å²) in [6.07, 6.45) is -7.11.